The van der Waals surface area contributed by atoms with Crippen molar-refractivity contribution in [3.05, 3.63) is 33.9 Å². The highest BCUT2D eigenvalue weighted by Gasteiger charge is 2.28. The molecule has 0 unspecified atom stereocenters. The van der Waals surface area contributed by atoms with Crippen LogP contribution in [0.1, 0.15) is 29.2 Å². The van der Waals surface area contributed by atoms with E-state index in [1.54, 1.807) is 4.57 Å². The zero-order chi connectivity index (χ0) is 18.4. The first-order valence-corrected chi connectivity index (χ1v) is 8.63. The Morgan fingerprint density at radius 2 is 2.00 bits per heavy atom. The van der Waals surface area contributed by atoms with Gasteiger partial charge in [0.05, 0.1) is 5.39 Å². The van der Waals surface area contributed by atoms with Crippen molar-refractivity contribution in [3.63, 3.8) is 0 Å². The van der Waals surface area contributed by atoms with Crippen LogP contribution in [-0.2, 0) is 0 Å². The summed E-state index contributed by atoms with van der Waals surface area (Å²) in [5.74, 6) is -1.93. The molecule has 4 rings (SSSR count). The van der Waals surface area contributed by atoms with Gasteiger partial charge in [-0.3, -0.25) is 4.79 Å². The van der Waals surface area contributed by atoms with Crippen LogP contribution in [0.5, 0.6) is 0 Å². The van der Waals surface area contributed by atoms with E-state index in [0.717, 1.165) is 45.1 Å². The Morgan fingerprint density at radius 3 is 2.62 bits per heavy atom. The third-order valence-electron chi connectivity index (χ3n) is 4.90. The number of carboxylic acids is 1. The predicted molar refractivity (Wildman–Crippen MR) is 93.9 cm³/mol. The first kappa shape index (κ1) is 16.9. The van der Waals surface area contributed by atoms with Gasteiger partial charge in [0.25, 0.3) is 0 Å². The number of nitrogens with one attached hydrogen (secondary N) is 1. The first-order valence-electron chi connectivity index (χ1n) is 8.63. The number of rotatable bonds is 4. The number of hydrogen-bond acceptors (Lipinski definition) is 6. The van der Waals surface area contributed by atoms with E-state index in [9.17, 15) is 19.1 Å². The van der Waals surface area contributed by atoms with E-state index >= 15 is 0 Å². The van der Waals surface area contributed by atoms with Crippen molar-refractivity contribution < 1.29 is 14.3 Å². The number of likely N-dealkylation sites (N-methyl/N-ethyl adjacent to an activating group) is 1. The van der Waals surface area contributed by atoms with Crippen LogP contribution >= 0.6 is 0 Å². The fraction of sp³-hybridized carbons (Fsp3) is 0.471. The summed E-state index contributed by atoms with van der Waals surface area (Å²) < 4.78 is 16.2. The fourth-order valence-corrected chi connectivity index (χ4v) is 3.18. The molecule has 2 N–H and O–H groups in total. The molecule has 2 aliphatic rings. The molecule has 0 amide bonds. The Hall–Kier alpha value is -2.52. The summed E-state index contributed by atoms with van der Waals surface area (Å²) in [7, 11) is 2.03. The Kier molecular flexibility index (Phi) is 4.12. The number of hydrogen-bond donors (Lipinski definition) is 2. The summed E-state index contributed by atoms with van der Waals surface area (Å²) in [5.41, 5.74) is 2.25. The number of aromatic nitrogens is 2. The molecule has 1 saturated carbocycles. The lowest BCUT2D eigenvalue weighted by molar-refractivity contribution is 0.0695. The van der Waals surface area contributed by atoms with Crippen molar-refractivity contribution in [1.29, 1.82) is 0 Å². The second-order valence-electron chi connectivity index (χ2n) is 6.91. The van der Waals surface area contributed by atoms with E-state index in [-0.39, 0.29) is 22.8 Å². The number of carboxylic acid groups (broad SMARTS) is 1. The highest BCUT2D eigenvalue weighted by Crippen LogP contribution is 2.37. The predicted octanol–water partition coefficient (Wildman–Crippen LogP) is 1.14. The maximum absolute atomic E-state index is 14.6. The number of hydrazine groups is 1. The highest BCUT2D eigenvalue weighted by atomic mass is 19.1. The van der Waals surface area contributed by atoms with E-state index in [2.05, 4.69) is 15.3 Å². The van der Waals surface area contributed by atoms with Crippen LogP contribution < -0.4 is 10.9 Å². The molecule has 0 radical (unpaired) electrons. The van der Waals surface area contributed by atoms with Crippen molar-refractivity contribution in [3.8, 4) is 0 Å². The van der Waals surface area contributed by atoms with Crippen molar-refractivity contribution >= 4 is 22.8 Å². The second kappa shape index (κ2) is 6.33. The number of fused-ring (bicyclic) bond motifs is 1. The molecule has 2 aromatic heterocycles. The van der Waals surface area contributed by atoms with Crippen molar-refractivity contribution in [1.82, 2.24) is 19.5 Å². The topological polar surface area (TPSA) is 90.7 Å². The molecule has 8 nitrogen and oxygen atoms in total. The average Bonchev–Trinajstić information content (AvgIpc) is 3.43. The Balaban J connectivity index is 1.78. The minimum Gasteiger partial charge on any atom is -0.477 e. The van der Waals surface area contributed by atoms with Gasteiger partial charge >= 0.3 is 5.97 Å². The van der Waals surface area contributed by atoms with Gasteiger partial charge in [-0.25, -0.2) is 19.2 Å². The van der Waals surface area contributed by atoms with Crippen molar-refractivity contribution in [2.24, 2.45) is 0 Å². The molecular weight excluding hydrogens is 341 g/mol. The van der Waals surface area contributed by atoms with E-state index in [4.69, 9.17) is 0 Å². The quantitative estimate of drug-likeness (QED) is 0.844. The van der Waals surface area contributed by atoms with Crippen LogP contribution in [0.4, 0.5) is 10.2 Å². The number of nitrogens with zero attached hydrogens (tertiary/aromatic N) is 4. The zero-order valence-corrected chi connectivity index (χ0v) is 14.4. The number of aromatic carboxylic acids is 1. The molecule has 9 heteroatoms. The average molecular weight is 361 g/mol. The summed E-state index contributed by atoms with van der Waals surface area (Å²) in [4.78, 5) is 30.3. The number of halogens is 1. The van der Waals surface area contributed by atoms with E-state index in [0.29, 0.717) is 5.65 Å². The Morgan fingerprint density at radius 1 is 1.31 bits per heavy atom. The minimum atomic E-state index is -1.31. The molecule has 1 aliphatic heterocycles. The summed E-state index contributed by atoms with van der Waals surface area (Å²) in [6.45, 7) is 3.17. The molecule has 26 heavy (non-hydrogen) atoms. The summed E-state index contributed by atoms with van der Waals surface area (Å²) >= 11 is 0. The van der Waals surface area contributed by atoms with E-state index in [1.807, 2.05) is 12.1 Å². The lowest BCUT2D eigenvalue weighted by Gasteiger charge is -2.32. The zero-order valence-electron chi connectivity index (χ0n) is 14.4. The maximum atomic E-state index is 14.6. The van der Waals surface area contributed by atoms with Crippen LogP contribution in [0.2, 0.25) is 0 Å². The van der Waals surface area contributed by atoms with Crippen LogP contribution in [-0.4, -0.2) is 63.8 Å². The van der Waals surface area contributed by atoms with Gasteiger partial charge < -0.3 is 20.0 Å². The maximum Gasteiger partial charge on any atom is 0.341 e. The molecule has 0 spiro atoms. The molecule has 138 valence electrons. The van der Waals surface area contributed by atoms with Crippen molar-refractivity contribution in [2.75, 3.05) is 38.7 Å². The number of carbonyl (C=O) groups is 1. The molecule has 0 aromatic carbocycles. The van der Waals surface area contributed by atoms with Gasteiger partial charge in [0.1, 0.15) is 11.2 Å². The summed E-state index contributed by atoms with van der Waals surface area (Å²) in [6.07, 6.45) is 3.10. The molecule has 1 saturated heterocycles. The molecule has 3 heterocycles. The molecule has 2 fully saturated rings. The van der Waals surface area contributed by atoms with Gasteiger partial charge in [-0.05, 0) is 26.0 Å². The molecular formula is C17H20FN5O3. The van der Waals surface area contributed by atoms with Crippen LogP contribution in [0.3, 0.4) is 0 Å². The van der Waals surface area contributed by atoms with E-state index < -0.39 is 17.2 Å². The number of pyridine rings is 2. The summed E-state index contributed by atoms with van der Waals surface area (Å²) in [5, 5.41) is 11.2. The third-order valence-corrected chi connectivity index (χ3v) is 4.90. The largest absolute Gasteiger partial charge is 0.477 e. The van der Waals surface area contributed by atoms with Crippen LogP contribution in [0.15, 0.2) is 17.1 Å². The molecule has 0 atom stereocenters. The van der Waals surface area contributed by atoms with E-state index in [1.165, 1.54) is 6.20 Å². The Labute approximate surface area is 148 Å². The monoisotopic (exact) mass is 361 g/mol. The first-order chi connectivity index (χ1) is 12.4. The molecule has 0 bridgehead atoms. The molecule has 1 aliphatic carbocycles. The standard InChI is InChI=1S/C17H20FN5O3/c1-21-4-6-22(7-5-21)20-15-13(18)8-11-14(24)12(17(25)26)9-23(10-2-3-10)16(11)19-15/h8-10H,2-7H2,1H3,(H,19,20)(H,25,26). The summed E-state index contributed by atoms with van der Waals surface area (Å²) in [6, 6.07) is 1.19. The fourth-order valence-electron chi connectivity index (χ4n) is 3.18. The van der Waals surface area contributed by atoms with Crippen molar-refractivity contribution in [2.45, 2.75) is 18.9 Å². The number of piperazine rings is 1. The van der Waals surface area contributed by atoms with Gasteiger partial charge in [-0.15, -0.1) is 0 Å². The number of anilines is 1. The minimum absolute atomic E-state index is 0.00164. The van der Waals surface area contributed by atoms with Gasteiger partial charge in [-0.1, -0.05) is 0 Å². The van der Waals surface area contributed by atoms with Gasteiger partial charge in [0.15, 0.2) is 11.6 Å². The Bertz CT molecular complexity index is 932. The smallest absolute Gasteiger partial charge is 0.341 e. The third kappa shape index (κ3) is 3.04. The second-order valence-corrected chi connectivity index (χ2v) is 6.91. The highest BCUT2D eigenvalue weighted by molar-refractivity contribution is 5.92. The van der Waals surface area contributed by atoms with Gasteiger partial charge in [0, 0.05) is 38.4 Å². The van der Waals surface area contributed by atoms with Crippen LogP contribution in [0, 0.1) is 5.82 Å². The van der Waals surface area contributed by atoms with Gasteiger partial charge in [0.2, 0.25) is 5.43 Å². The van der Waals surface area contributed by atoms with Gasteiger partial charge in [-0.2, -0.15) is 0 Å². The normalized spacial score (nSPS) is 19.0. The molecule has 2 aromatic rings. The van der Waals surface area contributed by atoms with Crippen LogP contribution in [0.25, 0.3) is 11.0 Å². The lowest BCUT2D eigenvalue weighted by Crippen LogP contribution is -2.47. The lowest BCUT2D eigenvalue weighted by atomic mass is 10.2. The SMILES string of the molecule is CN1CCN(Nc2nc3c(cc2F)c(=O)c(C(=O)O)cn3C2CC2)CC1.